The van der Waals surface area contributed by atoms with Gasteiger partial charge in [0.1, 0.15) is 11.6 Å². The predicted molar refractivity (Wildman–Crippen MR) is 92.3 cm³/mol. The van der Waals surface area contributed by atoms with Gasteiger partial charge in [0.25, 0.3) is 5.91 Å². The first kappa shape index (κ1) is 15.5. The van der Waals surface area contributed by atoms with Gasteiger partial charge in [0.05, 0.1) is 11.3 Å². The number of hydrogen-bond acceptors (Lipinski definition) is 3. The number of aromatic amines is 1. The zero-order valence-electron chi connectivity index (χ0n) is 13.5. The fraction of sp³-hybridized carbons (Fsp3) is 0.158. The molecule has 0 unspecified atom stereocenters. The Morgan fingerprint density at radius 2 is 1.88 bits per heavy atom. The van der Waals surface area contributed by atoms with Crippen LogP contribution in [0.5, 0.6) is 0 Å². The van der Waals surface area contributed by atoms with Crippen molar-refractivity contribution in [2.45, 2.75) is 19.6 Å². The molecule has 1 amide bonds. The number of carbonyl (C=O) groups is 1. The second kappa shape index (κ2) is 6.49. The largest absolute Gasteiger partial charge is 0.307 e. The standard InChI is InChI=1S/C19H17FN4O/c20-16-9-5-4-8-14(16)19(25)21-18-15-11-24(12-17(15)22-23-18)10-13-6-2-1-3-7-13/h1-9H,10-12H2,(H2,21,22,23,25). The topological polar surface area (TPSA) is 61.0 Å². The minimum atomic E-state index is -0.540. The van der Waals surface area contributed by atoms with Crippen molar-refractivity contribution in [1.82, 2.24) is 15.1 Å². The molecule has 0 bridgehead atoms. The van der Waals surface area contributed by atoms with Crippen LogP contribution in [0.15, 0.2) is 54.6 Å². The molecule has 1 aliphatic heterocycles. The number of H-pyrrole nitrogens is 1. The van der Waals surface area contributed by atoms with E-state index < -0.39 is 11.7 Å². The molecule has 0 saturated carbocycles. The fourth-order valence-corrected chi connectivity index (χ4v) is 3.08. The second-order valence-corrected chi connectivity index (χ2v) is 6.09. The van der Waals surface area contributed by atoms with Crippen LogP contribution >= 0.6 is 0 Å². The third-order valence-electron chi connectivity index (χ3n) is 4.31. The van der Waals surface area contributed by atoms with Crippen molar-refractivity contribution < 1.29 is 9.18 Å². The first-order valence-electron chi connectivity index (χ1n) is 8.09. The van der Waals surface area contributed by atoms with E-state index in [0.29, 0.717) is 12.4 Å². The number of anilines is 1. The van der Waals surface area contributed by atoms with E-state index in [2.05, 4.69) is 32.5 Å². The van der Waals surface area contributed by atoms with Crippen LogP contribution in [0.25, 0.3) is 0 Å². The van der Waals surface area contributed by atoms with Crippen LogP contribution < -0.4 is 5.32 Å². The molecule has 2 heterocycles. The molecular formula is C19H17FN4O. The molecule has 2 N–H and O–H groups in total. The first-order valence-corrected chi connectivity index (χ1v) is 8.09. The van der Waals surface area contributed by atoms with Gasteiger partial charge in [-0.25, -0.2) is 4.39 Å². The first-order chi connectivity index (χ1) is 12.2. The molecule has 6 heteroatoms. The van der Waals surface area contributed by atoms with Gasteiger partial charge in [-0.1, -0.05) is 42.5 Å². The number of aromatic nitrogens is 2. The van der Waals surface area contributed by atoms with Crippen LogP contribution in [-0.4, -0.2) is 21.0 Å². The SMILES string of the molecule is O=C(Nc1[nH]nc2c1CN(Cc1ccccc1)C2)c1ccccc1F. The highest BCUT2D eigenvalue weighted by Crippen LogP contribution is 2.28. The fourth-order valence-electron chi connectivity index (χ4n) is 3.08. The maximum Gasteiger partial charge on any atom is 0.259 e. The molecule has 126 valence electrons. The Kier molecular flexibility index (Phi) is 4.03. The molecule has 2 aromatic carbocycles. The molecular weight excluding hydrogens is 319 g/mol. The smallest absolute Gasteiger partial charge is 0.259 e. The van der Waals surface area contributed by atoms with Crippen molar-refractivity contribution >= 4 is 11.7 Å². The van der Waals surface area contributed by atoms with E-state index in [4.69, 9.17) is 0 Å². The van der Waals surface area contributed by atoms with E-state index in [1.165, 1.54) is 17.7 Å². The molecule has 4 rings (SSSR count). The molecule has 5 nitrogen and oxygen atoms in total. The van der Waals surface area contributed by atoms with Gasteiger partial charge in [0.2, 0.25) is 0 Å². The van der Waals surface area contributed by atoms with Crippen LogP contribution in [0.4, 0.5) is 10.2 Å². The molecule has 0 fully saturated rings. The number of hydrogen-bond donors (Lipinski definition) is 2. The number of halogens is 1. The molecule has 0 spiro atoms. The van der Waals surface area contributed by atoms with E-state index in [9.17, 15) is 9.18 Å². The lowest BCUT2D eigenvalue weighted by Gasteiger charge is -2.15. The van der Waals surface area contributed by atoms with Crippen molar-refractivity contribution in [3.05, 3.63) is 82.8 Å². The van der Waals surface area contributed by atoms with Gasteiger partial charge < -0.3 is 5.32 Å². The minimum absolute atomic E-state index is 0.0185. The summed E-state index contributed by atoms with van der Waals surface area (Å²) >= 11 is 0. The number of nitrogens with zero attached hydrogens (tertiary/aromatic N) is 2. The summed E-state index contributed by atoms with van der Waals surface area (Å²) in [7, 11) is 0. The Morgan fingerprint density at radius 1 is 1.12 bits per heavy atom. The zero-order chi connectivity index (χ0) is 17.2. The number of fused-ring (bicyclic) bond motifs is 1. The number of amides is 1. The Bertz CT molecular complexity index is 907. The molecule has 0 radical (unpaired) electrons. The lowest BCUT2D eigenvalue weighted by atomic mass is 10.2. The highest BCUT2D eigenvalue weighted by atomic mass is 19.1. The summed E-state index contributed by atoms with van der Waals surface area (Å²) in [6, 6.07) is 16.1. The van der Waals surface area contributed by atoms with Crippen molar-refractivity contribution in [1.29, 1.82) is 0 Å². The second-order valence-electron chi connectivity index (χ2n) is 6.09. The van der Waals surface area contributed by atoms with Gasteiger partial charge in [-0.15, -0.1) is 0 Å². The zero-order valence-corrected chi connectivity index (χ0v) is 13.5. The summed E-state index contributed by atoms with van der Waals surface area (Å²) < 4.78 is 13.8. The van der Waals surface area contributed by atoms with Crippen LogP contribution in [0.3, 0.4) is 0 Å². The third-order valence-corrected chi connectivity index (χ3v) is 4.31. The predicted octanol–water partition coefficient (Wildman–Crippen LogP) is 3.32. The highest BCUT2D eigenvalue weighted by Gasteiger charge is 2.26. The van der Waals surface area contributed by atoms with E-state index >= 15 is 0 Å². The lowest BCUT2D eigenvalue weighted by Crippen LogP contribution is -2.18. The number of nitrogens with one attached hydrogen (secondary N) is 2. The van der Waals surface area contributed by atoms with Gasteiger partial charge in [-0.05, 0) is 17.7 Å². The summed E-state index contributed by atoms with van der Waals surface area (Å²) in [5.74, 6) is -0.480. The Balaban J connectivity index is 1.47. The van der Waals surface area contributed by atoms with Crippen LogP contribution in [0.2, 0.25) is 0 Å². The maximum absolute atomic E-state index is 13.8. The quantitative estimate of drug-likeness (QED) is 0.768. The molecule has 0 atom stereocenters. The van der Waals surface area contributed by atoms with Crippen LogP contribution in [0.1, 0.15) is 27.2 Å². The highest BCUT2D eigenvalue weighted by molar-refractivity contribution is 6.04. The summed E-state index contributed by atoms with van der Waals surface area (Å²) in [6.07, 6.45) is 0. The van der Waals surface area contributed by atoms with Gasteiger partial charge >= 0.3 is 0 Å². The van der Waals surface area contributed by atoms with Gasteiger partial charge in [0.15, 0.2) is 0 Å². The summed E-state index contributed by atoms with van der Waals surface area (Å²) in [5.41, 5.74) is 3.12. The van der Waals surface area contributed by atoms with Crippen molar-refractivity contribution in [2.24, 2.45) is 0 Å². The molecule has 0 aliphatic carbocycles. The van der Waals surface area contributed by atoms with E-state index in [0.717, 1.165) is 24.3 Å². The molecule has 3 aromatic rings. The number of rotatable bonds is 4. The molecule has 1 aliphatic rings. The summed E-state index contributed by atoms with van der Waals surface area (Å²) in [4.78, 5) is 14.5. The van der Waals surface area contributed by atoms with Crippen LogP contribution in [-0.2, 0) is 19.6 Å². The summed E-state index contributed by atoms with van der Waals surface area (Å²) in [5, 5.41) is 9.87. The van der Waals surface area contributed by atoms with Gasteiger partial charge in [-0.2, -0.15) is 5.10 Å². The average Bonchev–Trinajstić information content (AvgIpc) is 3.17. The van der Waals surface area contributed by atoms with Crippen molar-refractivity contribution in [3.8, 4) is 0 Å². The Morgan fingerprint density at radius 3 is 2.68 bits per heavy atom. The average molecular weight is 336 g/mol. The van der Waals surface area contributed by atoms with Gasteiger partial charge in [0, 0.05) is 25.2 Å². The van der Waals surface area contributed by atoms with Crippen LogP contribution in [0, 0.1) is 5.82 Å². The van der Waals surface area contributed by atoms with Gasteiger partial charge in [-0.3, -0.25) is 14.8 Å². The lowest BCUT2D eigenvalue weighted by molar-refractivity contribution is 0.102. The Hall–Kier alpha value is -2.99. The van der Waals surface area contributed by atoms with Crippen molar-refractivity contribution in [3.63, 3.8) is 0 Å². The third kappa shape index (κ3) is 3.16. The van der Waals surface area contributed by atoms with E-state index in [1.54, 1.807) is 12.1 Å². The number of carbonyl (C=O) groups excluding carboxylic acids is 1. The van der Waals surface area contributed by atoms with Crippen molar-refractivity contribution in [2.75, 3.05) is 5.32 Å². The molecule has 0 saturated heterocycles. The molecule has 25 heavy (non-hydrogen) atoms. The molecule has 1 aromatic heterocycles. The maximum atomic E-state index is 13.8. The normalized spacial score (nSPS) is 13.6. The Labute approximate surface area is 144 Å². The summed E-state index contributed by atoms with van der Waals surface area (Å²) in [6.45, 7) is 2.22. The number of benzene rings is 2. The van der Waals surface area contributed by atoms with E-state index in [1.807, 2.05) is 18.2 Å². The monoisotopic (exact) mass is 336 g/mol. The minimum Gasteiger partial charge on any atom is -0.307 e. The van der Waals surface area contributed by atoms with E-state index in [-0.39, 0.29) is 5.56 Å².